The third kappa shape index (κ3) is 5.98. The molecular weight excluding hydrogens is 396 g/mol. The van der Waals surface area contributed by atoms with E-state index in [1.807, 2.05) is 54.6 Å². The molecule has 3 N–H and O–H groups in total. The molecule has 0 saturated heterocycles. The van der Waals surface area contributed by atoms with Crippen molar-refractivity contribution in [2.75, 3.05) is 12.0 Å². The maximum atomic E-state index is 12.3. The van der Waals surface area contributed by atoms with Crippen LogP contribution in [0.5, 0.6) is 0 Å². The van der Waals surface area contributed by atoms with E-state index in [0.717, 1.165) is 15.7 Å². The number of hydrazine groups is 1. The number of carbonyl (C=O) groups is 1. The Morgan fingerprint density at radius 3 is 2.62 bits per heavy atom. The monoisotopic (exact) mass is 418 g/mol. The molecule has 0 fully saturated rings. The summed E-state index contributed by atoms with van der Waals surface area (Å²) in [6.45, 7) is 5.98. The molecule has 0 spiro atoms. The van der Waals surface area contributed by atoms with Gasteiger partial charge in [0.2, 0.25) is 0 Å². The zero-order valence-electron chi connectivity index (χ0n) is 14.6. The van der Waals surface area contributed by atoms with Crippen molar-refractivity contribution in [1.29, 1.82) is 0 Å². The smallest absolute Gasteiger partial charge is 0.325 e. The molecule has 138 valence electrons. The van der Waals surface area contributed by atoms with E-state index < -0.39 is 18.1 Å². The molecule has 0 aliphatic heterocycles. The van der Waals surface area contributed by atoms with Crippen LogP contribution in [0.3, 0.4) is 0 Å². The van der Waals surface area contributed by atoms with E-state index in [2.05, 4.69) is 33.4 Å². The van der Waals surface area contributed by atoms with Gasteiger partial charge in [0, 0.05) is 10.2 Å². The lowest BCUT2D eigenvalue weighted by Gasteiger charge is -2.22. The van der Waals surface area contributed by atoms with E-state index >= 15 is 0 Å². The molecule has 0 aliphatic rings. The minimum absolute atomic E-state index is 0.232. The number of hydrogen-bond donors (Lipinski definition) is 3. The molecule has 0 heterocycles. The van der Waals surface area contributed by atoms with Crippen LogP contribution in [0, 0.1) is 0 Å². The summed E-state index contributed by atoms with van der Waals surface area (Å²) in [5.74, 6) is -0.406. The van der Waals surface area contributed by atoms with E-state index in [4.69, 9.17) is 4.74 Å². The Kier molecular flexibility index (Phi) is 7.84. The SMILES string of the molecule is C=C(CC(NNc1cccc(Br)c1)C(=O)OCC)C(O)c1ccccc1. The fraction of sp³-hybridized carbons (Fsp3) is 0.250. The number of nitrogens with one attached hydrogen (secondary N) is 2. The Balaban J connectivity index is 2.04. The van der Waals surface area contributed by atoms with Gasteiger partial charge >= 0.3 is 5.97 Å². The van der Waals surface area contributed by atoms with Crippen LogP contribution in [0.1, 0.15) is 25.0 Å². The summed E-state index contributed by atoms with van der Waals surface area (Å²) in [5.41, 5.74) is 8.03. The molecule has 6 heteroatoms. The van der Waals surface area contributed by atoms with Gasteiger partial charge in [0.15, 0.2) is 0 Å². The predicted molar refractivity (Wildman–Crippen MR) is 106 cm³/mol. The average molecular weight is 419 g/mol. The largest absolute Gasteiger partial charge is 0.465 e. The molecule has 0 amide bonds. The number of anilines is 1. The molecule has 5 nitrogen and oxygen atoms in total. The minimum Gasteiger partial charge on any atom is -0.465 e. The molecule has 2 unspecified atom stereocenters. The third-order valence-corrected chi connectivity index (χ3v) is 4.25. The highest BCUT2D eigenvalue weighted by atomic mass is 79.9. The van der Waals surface area contributed by atoms with Gasteiger partial charge in [-0.3, -0.25) is 4.79 Å². The zero-order chi connectivity index (χ0) is 18.9. The Morgan fingerprint density at radius 1 is 1.23 bits per heavy atom. The maximum Gasteiger partial charge on any atom is 0.325 e. The Labute approximate surface area is 162 Å². The number of hydrogen-bond acceptors (Lipinski definition) is 5. The first kappa shape index (κ1) is 20.2. The van der Waals surface area contributed by atoms with Crippen molar-refractivity contribution in [3.8, 4) is 0 Å². The molecule has 2 aromatic carbocycles. The van der Waals surface area contributed by atoms with Gasteiger partial charge in [-0.1, -0.05) is 58.9 Å². The Morgan fingerprint density at radius 2 is 1.96 bits per heavy atom. The standard InChI is InChI=1S/C20H23BrN2O3/c1-3-26-20(25)18(23-22-17-11-7-10-16(21)13-17)12-14(2)19(24)15-8-5-4-6-9-15/h4-11,13,18-19,22-24H,2-3,12H2,1H3. The number of benzene rings is 2. The van der Waals surface area contributed by atoms with Crippen LogP contribution in [0.2, 0.25) is 0 Å². The van der Waals surface area contributed by atoms with Crippen molar-refractivity contribution in [2.24, 2.45) is 0 Å². The Bertz CT molecular complexity index is 737. The molecular formula is C20H23BrN2O3. The lowest BCUT2D eigenvalue weighted by atomic mass is 9.97. The summed E-state index contributed by atoms with van der Waals surface area (Å²) in [7, 11) is 0. The van der Waals surface area contributed by atoms with Crippen molar-refractivity contribution >= 4 is 27.6 Å². The molecule has 2 rings (SSSR count). The van der Waals surface area contributed by atoms with Crippen molar-refractivity contribution < 1.29 is 14.6 Å². The van der Waals surface area contributed by atoms with Crippen LogP contribution in [-0.2, 0) is 9.53 Å². The van der Waals surface area contributed by atoms with Gasteiger partial charge in [-0.05, 0) is 42.7 Å². The van der Waals surface area contributed by atoms with Gasteiger partial charge in [0.25, 0.3) is 0 Å². The summed E-state index contributed by atoms with van der Waals surface area (Å²) in [5, 5.41) is 10.5. The van der Waals surface area contributed by atoms with Gasteiger partial charge in [0.05, 0.1) is 12.7 Å². The van der Waals surface area contributed by atoms with Gasteiger partial charge in [-0.25, -0.2) is 5.43 Å². The highest BCUT2D eigenvalue weighted by molar-refractivity contribution is 9.10. The molecule has 2 atom stereocenters. The fourth-order valence-corrected chi connectivity index (χ4v) is 2.82. The first-order valence-electron chi connectivity index (χ1n) is 8.35. The molecule has 0 radical (unpaired) electrons. The summed E-state index contributed by atoms with van der Waals surface area (Å²) in [6, 6.07) is 16.1. The number of carbonyl (C=O) groups excluding carboxylic acids is 1. The lowest BCUT2D eigenvalue weighted by molar-refractivity contribution is -0.145. The second-order valence-corrected chi connectivity index (χ2v) is 6.68. The summed E-state index contributed by atoms with van der Waals surface area (Å²) < 4.78 is 6.05. The number of aliphatic hydroxyl groups is 1. The van der Waals surface area contributed by atoms with Crippen molar-refractivity contribution in [3.05, 3.63) is 76.8 Å². The molecule has 26 heavy (non-hydrogen) atoms. The fourth-order valence-electron chi connectivity index (χ4n) is 2.42. The van der Waals surface area contributed by atoms with E-state index in [9.17, 15) is 9.90 Å². The highest BCUT2D eigenvalue weighted by Crippen LogP contribution is 2.24. The quantitative estimate of drug-likeness (QED) is 0.326. The summed E-state index contributed by atoms with van der Waals surface area (Å²) in [6.07, 6.45) is -0.614. The van der Waals surface area contributed by atoms with Crippen LogP contribution >= 0.6 is 15.9 Å². The van der Waals surface area contributed by atoms with E-state index in [1.165, 1.54) is 0 Å². The van der Waals surface area contributed by atoms with Crippen molar-refractivity contribution in [2.45, 2.75) is 25.5 Å². The highest BCUT2D eigenvalue weighted by Gasteiger charge is 2.23. The molecule has 0 saturated carbocycles. The minimum atomic E-state index is -0.846. The topological polar surface area (TPSA) is 70.6 Å². The van der Waals surface area contributed by atoms with E-state index in [1.54, 1.807) is 6.92 Å². The first-order valence-corrected chi connectivity index (χ1v) is 9.15. The summed E-state index contributed by atoms with van der Waals surface area (Å²) >= 11 is 3.40. The van der Waals surface area contributed by atoms with Crippen LogP contribution in [0.4, 0.5) is 5.69 Å². The first-order chi connectivity index (χ1) is 12.5. The number of esters is 1. The van der Waals surface area contributed by atoms with Crippen LogP contribution in [0.25, 0.3) is 0 Å². The van der Waals surface area contributed by atoms with Crippen molar-refractivity contribution in [1.82, 2.24) is 5.43 Å². The van der Waals surface area contributed by atoms with Gasteiger partial charge in [-0.2, -0.15) is 0 Å². The van der Waals surface area contributed by atoms with Crippen LogP contribution < -0.4 is 10.9 Å². The van der Waals surface area contributed by atoms with Crippen molar-refractivity contribution in [3.63, 3.8) is 0 Å². The van der Waals surface area contributed by atoms with Gasteiger partial charge in [-0.15, -0.1) is 0 Å². The van der Waals surface area contributed by atoms with Crippen LogP contribution in [-0.4, -0.2) is 23.7 Å². The lowest BCUT2D eigenvalue weighted by Crippen LogP contribution is -2.42. The van der Waals surface area contributed by atoms with Gasteiger partial charge in [0.1, 0.15) is 6.04 Å². The maximum absolute atomic E-state index is 12.3. The number of rotatable bonds is 9. The second-order valence-electron chi connectivity index (χ2n) is 5.76. The van der Waals surface area contributed by atoms with E-state index in [0.29, 0.717) is 5.57 Å². The third-order valence-electron chi connectivity index (χ3n) is 3.75. The molecule has 2 aromatic rings. The van der Waals surface area contributed by atoms with E-state index in [-0.39, 0.29) is 13.0 Å². The second kappa shape index (κ2) is 10.1. The molecule has 0 aliphatic carbocycles. The summed E-state index contributed by atoms with van der Waals surface area (Å²) in [4.78, 5) is 12.3. The zero-order valence-corrected chi connectivity index (χ0v) is 16.2. The molecule has 0 aromatic heterocycles. The Hall–Kier alpha value is -2.15. The van der Waals surface area contributed by atoms with Crippen LogP contribution in [0.15, 0.2) is 71.2 Å². The number of halogens is 1. The normalized spacial score (nSPS) is 12.9. The van der Waals surface area contributed by atoms with Gasteiger partial charge < -0.3 is 15.3 Å². The number of ether oxygens (including phenoxy) is 1. The average Bonchev–Trinajstić information content (AvgIpc) is 2.65. The predicted octanol–water partition coefficient (Wildman–Crippen LogP) is 3.98. The number of aliphatic hydroxyl groups excluding tert-OH is 1. The molecule has 0 bridgehead atoms.